The number of nitrogens with one attached hydrogen (secondary N) is 1. The predicted octanol–water partition coefficient (Wildman–Crippen LogP) is 2.48. The molecule has 1 atom stereocenters. The lowest BCUT2D eigenvalue weighted by Crippen LogP contribution is -2.38. The zero-order valence-corrected chi connectivity index (χ0v) is 9.57. The number of hydrogen-bond donors (Lipinski definition) is 1. The van der Waals surface area contributed by atoms with Crippen molar-refractivity contribution in [2.75, 3.05) is 7.11 Å². The van der Waals surface area contributed by atoms with E-state index in [0.717, 1.165) is 14.0 Å². The van der Waals surface area contributed by atoms with Crippen LogP contribution in [0.5, 0.6) is 0 Å². The highest BCUT2D eigenvalue weighted by molar-refractivity contribution is 8.48. The van der Waals surface area contributed by atoms with E-state index in [-0.39, 0.29) is 6.08 Å². The topological polar surface area (TPSA) is 55.4 Å². The third-order valence-electron chi connectivity index (χ3n) is 1.39. The van der Waals surface area contributed by atoms with Crippen LogP contribution in [0, 0.1) is 0 Å². The van der Waals surface area contributed by atoms with Crippen LogP contribution in [-0.4, -0.2) is 25.0 Å². The number of hydrogen-bond acceptors (Lipinski definition) is 3. The molecule has 1 N–H and O–H groups in total. The highest BCUT2D eigenvalue weighted by Gasteiger charge is 2.60. The lowest BCUT2D eigenvalue weighted by molar-refractivity contribution is -0.144. The second-order valence-electron chi connectivity index (χ2n) is 3.08. The molecule has 0 aliphatic carbocycles. The van der Waals surface area contributed by atoms with Crippen molar-refractivity contribution in [2.45, 2.75) is 13.0 Å². The Balaban J connectivity index is 4.61. The minimum absolute atomic E-state index is 0.374. The summed E-state index contributed by atoms with van der Waals surface area (Å²) < 4.78 is 63.1. The molecule has 0 aromatic carbocycles. The summed E-state index contributed by atoms with van der Waals surface area (Å²) in [5, 5.41) is 0.333. The Labute approximate surface area is 93.5 Å². The predicted molar refractivity (Wildman–Crippen MR) is 51.9 cm³/mol. The van der Waals surface area contributed by atoms with Gasteiger partial charge in [0, 0.05) is 6.08 Å². The van der Waals surface area contributed by atoms with Gasteiger partial charge in [-0.05, 0) is 6.92 Å². The van der Waals surface area contributed by atoms with Gasteiger partial charge < -0.3 is 10.1 Å². The average Bonchev–Trinajstić information content (AvgIpc) is 2.10. The summed E-state index contributed by atoms with van der Waals surface area (Å²) in [5.74, 6) is -2.39. The van der Waals surface area contributed by atoms with Crippen LogP contribution in [0.2, 0.25) is 0 Å². The van der Waals surface area contributed by atoms with Gasteiger partial charge in [0.1, 0.15) is 6.04 Å². The number of carbonyl (C=O) groups excluding carboxylic acids is 2. The van der Waals surface area contributed by atoms with Crippen molar-refractivity contribution in [3.05, 3.63) is 11.5 Å². The molecule has 0 rings (SSSR count). The molecule has 0 aliphatic heterocycles. The Morgan fingerprint density at radius 3 is 2.06 bits per heavy atom. The molecule has 0 aromatic rings. The highest BCUT2D eigenvalue weighted by Crippen LogP contribution is 2.98. The second kappa shape index (κ2) is 3.86. The molecule has 0 bridgehead atoms. The lowest BCUT2D eigenvalue weighted by atomic mass is 10.3. The standard InChI is InChI=1S/C7H10F5NO3S/c1-5(7(15)16-2)13-6(14)3-4-17(8,9,10,11)12/h3-5H,1-2H3,(H,13,14)/b4-3+/t5-/m1/s1. The molecular weight excluding hydrogens is 273 g/mol. The summed E-state index contributed by atoms with van der Waals surface area (Å²) in [7, 11) is -8.76. The fourth-order valence-electron chi connectivity index (χ4n) is 0.688. The molecular formula is C7H10F5NO3S. The van der Waals surface area contributed by atoms with Gasteiger partial charge in [0.05, 0.1) is 12.5 Å². The number of halogens is 5. The maximum absolute atomic E-state index is 11.8. The molecule has 0 spiro atoms. The van der Waals surface area contributed by atoms with Gasteiger partial charge in [0.2, 0.25) is 5.91 Å². The minimum atomic E-state index is -9.76. The Morgan fingerprint density at radius 2 is 1.71 bits per heavy atom. The van der Waals surface area contributed by atoms with Gasteiger partial charge in [-0.2, -0.15) is 0 Å². The van der Waals surface area contributed by atoms with E-state index in [1.54, 1.807) is 5.32 Å². The van der Waals surface area contributed by atoms with Gasteiger partial charge in [-0.25, -0.2) is 4.79 Å². The summed E-state index contributed by atoms with van der Waals surface area (Å²) >= 11 is 0. The highest BCUT2D eigenvalue weighted by atomic mass is 32.5. The third-order valence-corrected chi connectivity index (χ3v) is 2.04. The summed E-state index contributed by atoms with van der Waals surface area (Å²) in [6.45, 7) is 1.12. The second-order valence-corrected chi connectivity index (χ2v) is 5.41. The lowest BCUT2D eigenvalue weighted by Gasteiger charge is -2.36. The van der Waals surface area contributed by atoms with Gasteiger partial charge in [-0.1, -0.05) is 19.4 Å². The van der Waals surface area contributed by atoms with Gasteiger partial charge >= 0.3 is 16.2 Å². The minimum Gasteiger partial charge on any atom is -0.467 e. The van der Waals surface area contributed by atoms with Gasteiger partial charge in [0.25, 0.3) is 0 Å². The first kappa shape index (κ1) is 15.7. The van der Waals surface area contributed by atoms with Gasteiger partial charge in [-0.15, -0.1) is 0 Å². The number of carbonyl (C=O) groups is 2. The fraction of sp³-hybridized carbons (Fsp3) is 0.429. The van der Waals surface area contributed by atoms with Crippen molar-refractivity contribution in [2.24, 2.45) is 0 Å². The Morgan fingerprint density at radius 1 is 1.24 bits per heavy atom. The van der Waals surface area contributed by atoms with Crippen LogP contribution >= 0.6 is 10.2 Å². The first-order chi connectivity index (χ1) is 7.24. The van der Waals surface area contributed by atoms with Crippen LogP contribution in [0.3, 0.4) is 0 Å². The van der Waals surface area contributed by atoms with Crippen LogP contribution in [-0.2, 0) is 14.3 Å². The van der Waals surface area contributed by atoms with E-state index in [2.05, 4.69) is 4.74 Å². The van der Waals surface area contributed by atoms with Crippen LogP contribution in [0.1, 0.15) is 6.92 Å². The number of amides is 1. The van der Waals surface area contributed by atoms with Crippen molar-refractivity contribution in [3.63, 3.8) is 0 Å². The molecule has 0 saturated carbocycles. The van der Waals surface area contributed by atoms with Crippen LogP contribution in [0.15, 0.2) is 11.5 Å². The molecule has 0 radical (unpaired) electrons. The molecule has 0 aliphatic rings. The smallest absolute Gasteiger partial charge is 0.328 e. The van der Waals surface area contributed by atoms with Gasteiger partial charge in [0.15, 0.2) is 0 Å². The van der Waals surface area contributed by atoms with E-state index in [1.165, 1.54) is 0 Å². The molecule has 102 valence electrons. The zero-order valence-electron chi connectivity index (χ0n) is 8.75. The molecule has 17 heavy (non-hydrogen) atoms. The molecule has 0 unspecified atom stereocenters. The van der Waals surface area contributed by atoms with Gasteiger partial charge in [-0.3, -0.25) is 4.79 Å². The average molecular weight is 283 g/mol. The van der Waals surface area contributed by atoms with Crippen molar-refractivity contribution >= 4 is 22.1 Å². The van der Waals surface area contributed by atoms with E-state index in [9.17, 15) is 29.0 Å². The summed E-state index contributed by atoms with van der Waals surface area (Å²) in [6, 6.07) is -1.24. The molecule has 1 amide bonds. The Hall–Kier alpha value is -1.32. The van der Waals surface area contributed by atoms with Crippen molar-refractivity contribution < 1.29 is 33.8 Å². The number of rotatable bonds is 4. The molecule has 4 nitrogen and oxygen atoms in total. The van der Waals surface area contributed by atoms with Crippen LogP contribution < -0.4 is 5.32 Å². The summed E-state index contributed by atoms with van der Waals surface area (Å²) in [6.07, 6.45) is -0.374. The van der Waals surface area contributed by atoms with Crippen molar-refractivity contribution in [1.82, 2.24) is 5.32 Å². The molecule has 0 aromatic heterocycles. The summed E-state index contributed by atoms with van der Waals surface area (Å²) in [5.41, 5.74) is 0. The number of ether oxygens (including phenoxy) is 1. The first-order valence-electron chi connectivity index (χ1n) is 4.05. The quantitative estimate of drug-likeness (QED) is 0.490. The van der Waals surface area contributed by atoms with E-state index in [4.69, 9.17) is 0 Å². The monoisotopic (exact) mass is 283 g/mol. The van der Waals surface area contributed by atoms with E-state index in [1.807, 2.05) is 0 Å². The van der Waals surface area contributed by atoms with E-state index < -0.39 is 33.6 Å². The van der Waals surface area contributed by atoms with Crippen LogP contribution in [0.25, 0.3) is 0 Å². The Bertz CT molecular complexity index is 362. The van der Waals surface area contributed by atoms with Crippen molar-refractivity contribution in [3.8, 4) is 0 Å². The molecule has 0 saturated heterocycles. The normalized spacial score (nSPS) is 18.1. The number of methoxy groups -OCH3 is 1. The third kappa shape index (κ3) is 8.48. The molecule has 0 heterocycles. The number of esters is 1. The van der Waals surface area contributed by atoms with Crippen LogP contribution in [0.4, 0.5) is 19.4 Å². The largest absolute Gasteiger partial charge is 0.467 e. The zero-order chi connectivity index (χ0) is 14.0. The van der Waals surface area contributed by atoms with E-state index >= 15 is 0 Å². The SMILES string of the molecule is COC(=O)[C@@H](C)NC(=O)/C=C/S(F)(F)(F)(F)F. The van der Waals surface area contributed by atoms with E-state index in [0.29, 0.717) is 0 Å². The maximum atomic E-state index is 11.8. The molecule has 10 heteroatoms. The molecule has 0 fully saturated rings. The summed E-state index contributed by atoms with van der Waals surface area (Å²) in [4.78, 5) is 21.5. The Kier molecular flexibility index (Phi) is 3.56. The maximum Gasteiger partial charge on any atom is 0.328 e. The fourth-order valence-corrected chi connectivity index (χ4v) is 1.07. The van der Waals surface area contributed by atoms with Crippen molar-refractivity contribution in [1.29, 1.82) is 0 Å². The first-order valence-corrected chi connectivity index (χ1v) is 6.07.